The van der Waals surface area contributed by atoms with Crippen LogP contribution in [0.3, 0.4) is 0 Å². The van der Waals surface area contributed by atoms with Crippen LogP contribution < -0.4 is 0 Å². The predicted octanol–water partition coefficient (Wildman–Crippen LogP) is 1.70. The standard InChI is InChI=1S/C11H14N2O/c1-8-4-11(14-12-8)5-10-7-13-3-2-9(10)6-13/h4-5,9H,2-3,6-7H2,1H3/b10-5+. The lowest BCUT2D eigenvalue weighted by atomic mass is 9.98. The molecule has 0 spiro atoms. The van der Waals surface area contributed by atoms with E-state index < -0.39 is 0 Å². The molecule has 2 aliphatic heterocycles. The SMILES string of the molecule is Cc1cc(/C=C2\CN3CCC2C3)on1. The van der Waals surface area contributed by atoms with Crippen molar-refractivity contribution < 1.29 is 4.52 Å². The molecule has 0 amide bonds. The van der Waals surface area contributed by atoms with E-state index in [1.807, 2.05) is 13.0 Å². The van der Waals surface area contributed by atoms with Gasteiger partial charge in [-0.2, -0.15) is 0 Å². The highest BCUT2D eigenvalue weighted by Crippen LogP contribution is 2.33. The maximum absolute atomic E-state index is 5.19. The molecule has 2 aliphatic rings. The van der Waals surface area contributed by atoms with Crippen molar-refractivity contribution in [3.63, 3.8) is 0 Å². The fraction of sp³-hybridized carbons (Fsp3) is 0.545. The molecular formula is C11H14N2O. The molecule has 14 heavy (non-hydrogen) atoms. The van der Waals surface area contributed by atoms with Gasteiger partial charge in [-0.05, 0) is 37.5 Å². The van der Waals surface area contributed by atoms with Crippen LogP contribution in [0.5, 0.6) is 0 Å². The van der Waals surface area contributed by atoms with Gasteiger partial charge in [0.15, 0.2) is 5.76 Å². The highest BCUT2D eigenvalue weighted by atomic mass is 16.5. The van der Waals surface area contributed by atoms with Crippen LogP contribution in [0.1, 0.15) is 17.9 Å². The molecule has 0 N–H and O–H groups in total. The van der Waals surface area contributed by atoms with Crippen molar-refractivity contribution in [1.29, 1.82) is 0 Å². The molecule has 3 nitrogen and oxygen atoms in total. The summed E-state index contributed by atoms with van der Waals surface area (Å²) in [5, 5.41) is 3.89. The van der Waals surface area contributed by atoms with E-state index in [2.05, 4.69) is 16.1 Å². The third-order valence-corrected chi connectivity index (χ3v) is 3.18. The quantitative estimate of drug-likeness (QED) is 0.675. The lowest BCUT2D eigenvalue weighted by Crippen LogP contribution is -2.17. The van der Waals surface area contributed by atoms with Crippen molar-refractivity contribution in [3.8, 4) is 0 Å². The second-order valence-corrected chi connectivity index (χ2v) is 4.31. The highest BCUT2D eigenvalue weighted by Gasteiger charge is 2.33. The molecule has 0 aliphatic carbocycles. The molecular weight excluding hydrogens is 176 g/mol. The minimum atomic E-state index is 0.778. The van der Waals surface area contributed by atoms with Gasteiger partial charge in [0.25, 0.3) is 0 Å². The van der Waals surface area contributed by atoms with Gasteiger partial charge in [-0.15, -0.1) is 0 Å². The second-order valence-electron chi connectivity index (χ2n) is 4.31. The fourth-order valence-corrected chi connectivity index (χ4v) is 2.46. The Hall–Kier alpha value is -1.09. The summed E-state index contributed by atoms with van der Waals surface area (Å²) in [4.78, 5) is 2.50. The Morgan fingerprint density at radius 2 is 2.57 bits per heavy atom. The third-order valence-electron chi connectivity index (χ3n) is 3.18. The summed E-state index contributed by atoms with van der Waals surface area (Å²) in [6.07, 6.45) is 3.49. The summed E-state index contributed by atoms with van der Waals surface area (Å²) in [6.45, 7) is 5.61. The number of nitrogens with zero attached hydrogens (tertiary/aromatic N) is 2. The second kappa shape index (κ2) is 2.95. The summed E-state index contributed by atoms with van der Waals surface area (Å²) in [6, 6.07) is 1.99. The molecule has 1 aromatic rings. The van der Waals surface area contributed by atoms with E-state index in [9.17, 15) is 0 Å². The molecule has 0 saturated carbocycles. The largest absolute Gasteiger partial charge is 0.357 e. The molecule has 2 atom stereocenters. The molecule has 2 saturated heterocycles. The van der Waals surface area contributed by atoms with Crippen LogP contribution in [0.2, 0.25) is 0 Å². The minimum absolute atomic E-state index is 0.778. The number of hydrogen-bond donors (Lipinski definition) is 0. The Labute approximate surface area is 83.4 Å². The number of hydrogen-bond acceptors (Lipinski definition) is 3. The van der Waals surface area contributed by atoms with Crippen LogP contribution in [0.25, 0.3) is 6.08 Å². The zero-order valence-corrected chi connectivity index (χ0v) is 8.36. The molecule has 3 heteroatoms. The Morgan fingerprint density at radius 1 is 1.64 bits per heavy atom. The molecule has 74 valence electrons. The first kappa shape index (κ1) is 8.24. The first-order valence-corrected chi connectivity index (χ1v) is 5.17. The summed E-state index contributed by atoms with van der Waals surface area (Å²) in [5.41, 5.74) is 2.48. The van der Waals surface area contributed by atoms with Crippen molar-refractivity contribution in [2.75, 3.05) is 19.6 Å². The van der Waals surface area contributed by atoms with Crippen molar-refractivity contribution in [2.24, 2.45) is 5.92 Å². The van der Waals surface area contributed by atoms with Gasteiger partial charge < -0.3 is 4.52 Å². The predicted molar refractivity (Wildman–Crippen MR) is 53.8 cm³/mol. The smallest absolute Gasteiger partial charge is 0.159 e. The molecule has 2 fully saturated rings. The van der Waals surface area contributed by atoms with Crippen LogP contribution >= 0.6 is 0 Å². The van der Waals surface area contributed by atoms with Crippen LogP contribution in [-0.2, 0) is 0 Å². The molecule has 2 bridgehead atoms. The van der Waals surface area contributed by atoms with Crippen LogP contribution in [0, 0.1) is 12.8 Å². The Morgan fingerprint density at radius 3 is 3.14 bits per heavy atom. The summed E-state index contributed by atoms with van der Waals surface area (Å²) in [5.74, 6) is 1.69. The number of fused-ring (bicyclic) bond motifs is 2. The summed E-state index contributed by atoms with van der Waals surface area (Å²) < 4.78 is 5.19. The van der Waals surface area contributed by atoms with Gasteiger partial charge in [-0.1, -0.05) is 5.16 Å². The average molecular weight is 190 g/mol. The van der Waals surface area contributed by atoms with Gasteiger partial charge >= 0.3 is 0 Å². The van der Waals surface area contributed by atoms with Crippen molar-refractivity contribution in [2.45, 2.75) is 13.3 Å². The lowest BCUT2D eigenvalue weighted by molar-refractivity contribution is 0.391. The number of rotatable bonds is 1. The topological polar surface area (TPSA) is 29.3 Å². The highest BCUT2D eigenvalue weighted by molar-refractivity contribution is 5.50. The number of piperidine rings is 1. The minimum Gasteiger partial charge on any atom is -0.357 e. The zero-order valence-electron chi connectivity index (χ0n) is 8.36. The summed E-state index contributed by atoms with van der Waals surface area (Å²) >= 11 is 0. The van der Waals surface area contributed by atoms with Crippen LogP contribution in [0.4, 0.5) is 0 Å². The summed E-state index contributed by atoms with van der Waals surface area (Å²) in [7, 11) is 0. The van der Waals surface area contributed by atoms with E-state index in [4.69, 9.17) is 4.52 Å². The number of aryl methyl sites for hydroxylation is 1. The monoisotopic (exact) mass is 190 g/mol. The molecule has 2 unspecified atom stereocenters. The van der Waals surface area contributed by atoms with E-state index in [-0.39, 0.29) is 0 Å². The van der Waals surface area contributed by atoms with E-state index in [0.717, 1.165) is 23.9 Å². The van der Waals surface area contributed by atoms with Gasteiger partial charge in [-0.25, -0.2) is 0 Å². The van der Waals surface area contributed by atoms with Crippen molar-refractivity contribution in [1.82, 2.24) is 10.1 Å². The maximum Gasteiger partial charge on any atom is 0.159 e. The van der Waals surface area contributed by atoms with E-state index in [1.165, 1.54) is 25.1 Å². The van der Waals surface area contributed by atoms with E-state index in [1.54, 1.807) is 0 Å². The van der Waals surface area contributed by atoms with Crippen LogP contribution in [-0.4, -0.2) is 29.7 Å². The van der Waals surface area contributed by atoms with E-state index in [0.29, 0.717) is 0 Å². The maximum atomic E-state index is 5.19. The Bertz CT molecular complexity index is 380. The van der Waals surface area contributed by atoms with Gasteiger partial charge in [0.05, 0.1) is 5.69 Å². The molecule has 3 rings (SSSR count). The van der Waals surface area contributed by atoms with Gasteiger partial charge in [0, 0.05) is 19.2 Å². The van der Waals surface area contributed by atoms with Crippen molar-refractivity contribution in [3.05, 3.63) is 23.1 Å². The Kier molecular flexibility index (Phi) is 1.74. The van der Waals surface area contributed by atoms with Crippen molar-refractivity contribution >= 4 is 6.08 Å². The first-order valence-electron chi connectivity index (χ1n) is 5.17. The molecule has 3 heterocycles. The van der Waals surface area contributed by atoms with Gasteiger partial charge in [0.1, 0.15) is 0 Å². The van der Waals surface area contributed by atoms with Crippen LogP contribution in [0.15, 0.2) is 16.2 Å². The Balaban J connectivity index is 1.85. The zero-order chi connectivity index (χ0) is 9.54. The average Bonchev–Trinajstić information content (AvgIpc) is 2.82. The number of aromatic nitrogens is 1. The fourth-order valence-electron chi connectivity index (χ4n) is 2.46. The lowest BCUT2D eigenvalue weighted by Gasteiger charge is -2.13. The normalized spacial score (nSPS) is 33.1. The third kappa shape index (κ3) is 1.28. The van der Waals surface area contributed by atoms with E-state index >= 15 is 0 Å². The molecule has 1 aromatic heterocycles. The van der Waals surface area contributed by atoms with Gasteiger partial charge in [-0.3, -0.25) is 4.90 Å². The van der Waals surface area contributed by atoms with Gasteiger partial charge in [0.2, 0.25) is 0 Å². The molecule has 0 radical (unpaired) electrons. The molecule has 0 aromatic carbocycles. The first-order chi connectivity index (χ1) is 6.81.